The molecule has 1 aliphatic carbocycles. The predicted octanol–water partition coefficient (Wildman–Crippen LogP) is -0.881. The van der Waals surface area contributed by atoms with Gasteiger partial charge in [-0.15, -0.1) is 0 Å². The fraction of sp³-hybridized carbons (Fsp3) is 0.800. The van der Waals surface area contributed by atoms with E-state index in [1.54, 1.807) is 0 Å². The maximum absolute atomic E-state index is 11.7. The monoisotopic (exact) mass is 211 g/mol. The van der Waals surface area contributed by atoms with Crippen molar-refractivity contribution in [3.8, 4) is 0 Å². The summed E-state index contributed by atoms with van der Waals surface area (Å²) in [5.41, 5.74) is 5.86. The first-order valence-corrected chi connectivity index (χ1v) is 5.49. The molecule has 1 saturated heterocycles. The number of nitrogens with two attached hydrogens (primary N) is 1. The SMILES string of the molecule is NC1CCCC1NC(=O)C1CNC(=O)C1. The molecule has 0 radical (unpaired) electrons. The van der Waals surface area contributed by atoms with Gasteiger partial charge in [0.05, 0.1) is 5.92 Å². The van der Waals surface area contributed by atoms with Crippen LogP contribution in [-0.4, -0.2) is 30.4 Å². The summed E-state index contributed by atoms with van der Waals surface area (Å²) in [5, 5.41) is 5.59. The van der Waals surface area contributed by atoms with Crippen molar-refractivity contribution in [3.05, 3.63) is 0 Å². The molecule has 0 bridgehead atoms. The number of amides is 2. The Balaban J connectivity index is 1.84. The second-order valence-corrected chi connectivity index (χ2v) is 4.41. The van der Waals surface area contributed by atoms with E-state index in [1.165, 1.54) is 0 Å². The van der Waals surface area contributed by atoms with Gasteiger partial charge in [-0.2, -0.15) is 0 Å². The largest absolute Gasteiger partial charge is 0.355 e. The van der Waals surface area contributed by atoms with Crippen molar-refractivity contribution in [1.29, 1.82) is 0 Å². The minimum absolute atomic E-state index is 0.0318. The molecule has 15 heavy (non-hydrogen) atoms. The standard InChI is InChI=1S/C10H17N3O2/c11-7-2-1-3-8(7)13-10(15)6-4-9(14)12-5-6/h6-8H,1-5,11H2,(H,12,14)(H,13,15). The third-order valence-electron chi connectivity index (χ3n) is 3.25. The molecular formula is C10H17N3O2. The highest BCUT2D eigenvalue weighted by atomic mass is 16.2. The normalized spacial score (nSPS) is 35.3. The number of nitrogens with one attached hydrogen (secondary N) is 2. The number of rotatable bonds is 2. The van der Waals surface area contributed by atoms with E-state index < -0.39 is 0 Å². The highest BCUT2D eigenvalue weighted by molar-refractivity contribution is 5.89. The molecule has 3 atom stereocenters. The lowest BCUT2D eigenvalue weighted by Crippen LogP contribution is -2.46. The minimum atomic E-state index is -0.203. The molecule has 2 amide bonds. The Kier molecular flexibility index (Phi) is 2.90. The van der Waals surface area contributed by atoms with Crippen molar-refractivity contribution < 1.29 is 9.59 Å². The molecule has 1 aliphatic heterocycles. The first kappa shape index (κ1) is 10.4. The lowest BCUT2D eigenvalue weighted by atomic mass is 10.1. The van der Waals surface area contributed by atoms with E-state index >= 15 is 0 Å². The van der Waals surface area contributed by atoms with Crippen molar-refractivity contribution in [2.24, 2.45) is 11.7 Å². The van der Waals surface area contributed by atoms with Crippen LogP contribution in [0.25, 0.3) is 0 Å². The van der Waals surface area contributed by atoms with E-state index in [9.17, 15) is 9.59 Å². The average molecular weight is 211 g/mol. The van der Waals surface area contributed by atoms with Gasteiger partial charge in [-0.05, 0) is 19.3 Å². The van der Waals surface area contributed by atoms with Gasteiger partial charge in [-0.25, -0.2) is 0 Å². The van der Waals surface area contributed by atoms with Crippen LogP contribution in [0.4, 0.5) is 0 Å². The molecule has 5 nitrogen and oxygen atoms in total. The molecule has 4 N–H and O–H groups in total. The van der Waals surface area contributed by atoms with Crippen LogP contribution in [0.15, 0.2) is 0 Å². The van der Waals surface area contributed by atoms with Crippen molar-refractivity contribution >= 4 is 11.8 Å². The summed E-state index contributed by atoms with van der Waals surface area (Å²) in [6.07, 6.45) is 3.33. The minimum Gasteiger partial charge on any atom is -0.355 e. The van der Waals surface area contributed by atoms with Crippen LogP contribution >= 0.6 is 0 Å². The number of hydrogen-bond donors (Lipinski definition) is 3. The zero-order valence-electron chi connectivity index (χ0n) is 8.66. The molecule has 84 valence electrons. The van der Waals surface area contributed by atoms with Crippen molar-refractivity contribution in [3.63, 3.8) is 0 Å². The Morgan fingerprint density at radius 3 is 2.80 bits per heavy atom. The van der Waals surface area contributed by atoms with Crippen molar-refractivity contribution in [1.82, 2.24) is 10.6 Å². The first-order chi connectivity index (χ1) is 7.16. The molecule has 5 heteroatoms. The Bertz CT molecular complexity index is 280. The van der Waals surface area contributed by atoms with Crippen LogP contribution in [0.5, 0.6) is 0 Å². The predicted molar refractivity (Wildman–Crippen MR) is 54.9 cm³/mol. The zero-order chi connectivity index (χ0) is 10.8. The fourth-order valence-corrected chi connectivity index (χ4v) is 2.26. The van der Waals surface area contributed by atoms with E-state index in [-0.39, 0.29) is 29.8 Å². The number of carbonyl (C=O) groups is 2. The molecule has 0 aromatic heterocycles. The Hall–Kier alpha value is -1.10. The Morgan fingerprint density at radius 2 is 2.27 bits per heavy atom. The lowest BCUT2D eigenvalue weighted by Gasteiger charge is -2.19. The molecule has 0 aromatic rings. The number of carbonyl (C=O) groups excluding carboxylic acids is 2. The van der Waals surface area contributed by atoms with Crippen molar-refractivity contribution in [2.45, 2.75) is 37.8 Å². The van der Waals surface area contributed by atoms with Gasteiger partial charge < -0.3 is 16.4 Å². The van der Waals surface area contributed by atoms with Gasteiger partial charge >= 0.3 is 0 Å². The highest BCUT2D eigenvalue weighted by Gasteiger charge is 2.31. The van der Waals surface area contributed by atoms with Crippen LogP contribution in [-0.2, 0) is 9.59 Å². The van der Waals surface area contributed by atoms with Crippen LogP contribution in [0, 0.1) is 5.92 Å². The zero-order valence-corrected chi connectivity index (χ0v) is 8.66. The third kappa shape index (κ3) is 2.28. The van der Waals surface area contributed by atoms with E-state index in [4.69, 9.17) is 5.73 Å². The summed E-state index contributed by atoms with van der Waals surface area (Å²) < 4.78 is 0. The lowest BCUT2D eigenvalue weighted by molar-refractivity contribution is -0.127. The molecule has 2 rings (SSSR count). The van der Waals surface area contributed by atoms with Gasteiger partial charge in [0, 0.05) is 25.0 Å². The molecule has 1 saturated carbocycles. The van der Waals surface area contributed by atoms with Gasteiger partial charge in [-0.1, -0.05) is 0 Å². The van der Waals surface area contributed by atoms with Crippen LogP contribution in [0.2, 0.25) is 0 Å². The summed E-state index contributed by atoms with van der Waals surface area (Å²) in [5.74, 6) is -0.271. The molecule has 1 heterocycles. The second-order valence-electron chi connectivity index (χ2n) is 4.41. The molecule has 2 fully saturated rings. The first-order valence-electron chi connectivity index (χ1n) is 5.49. The van der Waals surface area contributed by atoms with Crippen molar-refractivity contribution in [2.75, 3.05) is 6.54 Å². The van der Waals surface area contributed by atoms with Gasteiger partial charge in [0.2, 0.25) is 11.8 Å². The Morgan fingerprint density at radius 1 is 1.47 bits per heavy atom. The van der Waals surface area contributed by atoms with E-state index in [0.29, 0.717) is 13.0 Å². The molecule has 3 unspecified atom stereocenters. The average Bonchev–Trinajstić information content (AvgIpc) is 2.77. The molecular weight excluding hydrogens is 194 g/mol. The van der Waals surface area contributed by atoms with Gasteiger partial charge in [0.15, 0.2) is 0 Å². The van der Waals surface area contributed by atoms with E-state index in [1.807, 2.05) is 0 Å². The fourth-order valence-electron chi connectivity index (χ4n) is 2.26. The van der Waals surface area contributed by atoms with Gasteiger partial charge in [0.1, 0.15) is 0 Å². The van der Waals surface area contributed by atoms with E-state index in [0.717, 1.165) is 19.3 Å². The topological polar surface area (TPSA) is 84.2 Å². The summed E-state index contributed by atoms with van der Waals surface area (Å²) in [4.78, 5) is 22.7. The quantitative estimate of drug-likeness (QED) is 0.554. The van der Waals surface area contributed by atoms with E-state index in [2.05, 4.69) is 10.6 Å². The number of hydrogen-bond acceptors (Lipinski definition) is 3. The maximum atomic E-state index is 11.7. The van der Waals surface area contributed by atoms with Crippen LogP contribution in [0.3, 0.4) is 0 Å². The highest BCUT2D eigenvalue weighted by Crippen LogP contribution is 2.18. The summed E-state index contributed by atoms with van der Waals surface area (Å²) >= 11 is 0. The smallest absolute Gasteiger partial charge is 0.225 e. The molecule has 2 aliphatic rings. The second kappa shape index (κ2) is 4.18. The summed E-state index contributed by atoms with van der Waals surface area (Å²) in [6, 6.07) is 0.187. The van der Waals surface area contributed by atoms with Gasteiger partial charge in [0.25, 0.3) is 0 Å². The Labute approximate surface area is 88.8 Å². The van der Waals surface area contributed by atoms with Crippen LogP contribution in [0.1, 0.15) is 25.7 Å². The van der Waals surface area contributed by atoms with Gasteiger partial charge in [-0.3, -0.25) is 9.59 Å². The maximum Gasteiger partial charge on any atom is 0.225 e. The molecule has 0 spiro atoms. The summed E-state index contributed by atoms with van der Waals surface area (Å²) in [7, 11) is 0. The third-order valence-corrected chi connectivity index (χ3v) is 3.25. The summed E-state index contributed by atoms with van der Waals surface area (Å²) in [6.45, 7) is 0.465. The molecule has 0 aromatic carbocycles. The van der Waals surface area contributed by atoms with Crippen LogP contribution < -0.4 is 16.4 Å².